The molecule has 0 saturated heterocycles. The van der Waals surface area contributed by atoms with Gasteiger partial charge in [0, 0.05) is 0 Å². The van der Waals surface area contributed by atoms with Crippen molar-refractivity contribution in [2.75, 3.05) is 0 Å². The Labute approximate surface area is 176 Å². The minimum absolute atomic E-state index is 0. The zero-order valence-electron chi connectivity index (χ0n) is 16.1. The Morgan fingerprint density at radius 2 is 1.60 bits per heavy atom. The molecule has 0 aromatic heterocycles. The van der Waals surface area contributed by atoms with Crippen LogP contribution in [0, 0.1) is 5.92 Å². The van der Waals surface area contributed by atoms with Crippen molar-refractivity contribution in [2.45, 2.75) is 53.9 Å². The second kappa shape index (κ2) is 9.24. The Hall–Kier alpha value is -0.0457. The SMILES string of the molecule is Cl.Cl.[CH2]=[Ti]([O]c1cc(Cl)cc(C(C)(C)C)c1)[C]1=C(C)C(C)=C(C)C1C. The standard InChI is InChI=1S/C10H13ClO.C9H13.CH2.2ClH.Ti/c1-10(2,3)7-4-8(11)6-9(12)5-7;1-6-5-7(2)9(4)8(6)3;;;;/h4-6,12H,1-3H3;6H,1-4H3;1H2;2*1H;/q;;;;;+1/p-1. The van der Waals surface area contributed by atoms with Crippen molar-refractivity contribution in [3.8, 4) is 5.75 Å². The van der Waals surface area contributed by atoms with Gasteiger partial charge in [0.15, 0.2) is 0 Å². The summed E-state index contributed by atoms with van der Waals surface area (Å²) in [6.07, 6.45) is 0. The summed E-state index contributed by atoms with van der Waals surface area (Å²) in [5, 5.41) is 0.731. The van der Waals surface area contributed by atoms with Crippen molar-refractivity contribution >= 4 is 41.2 Å². The van der Waals surface area contributed by atoms with Crippen molar-refractivity contribution in [3.63, 3.8) is 0 Å². The Morgan fingerprint density at radius 1 is 1.04 bits per heavy atom. The maximum absolute atomic E-state index is 6.34. The molecule has 0 heterocycles. The molecule has 140 valence electrons. The Balaban J connectivity index is 0.00000288. The first-order valence-corrected chi connectivity index (χ1v) is 11.0. The van der Waals surface area contributed by atoms with Gasteiger partial charge in [-0.1, -0.05) is 0 Å². The molecule has 1 aromatic rings. The molecule has 1 unspecified atom stereocenters. The van der Waals surface area contributed by atoms with Crippen LogP contribution in [0.1, 0.15) is 54.0 Å². The third-order valence-electron chi connectivity index (χ3n) is 4.92. The summed E-state index contributed by atoms with van der Waals surface area (Å²) in [7, 11) is 0. The van der Waals surface area contributed by atoms with E-state index in [2.05, 4.69) is 59.3 Å². The van der Waals surface area contributed by atoms with Crippen molar-refractivity contribution in [1.29, 1.82) is 0 Å². The zero-order valence-corrected chi connectivity index (χ0v) is 20.1. The summed E-state index contributed by atoms with van der Waals surface area (Å²) < 4.78 is 7.78. The average Bonchev–Trinajstić information content (AvgIpc) is 2.61. The van der Waals surface area contributed by atoms with Gasteiger partial charge in [0.2, 0.25) is 0 Å². The molecule has 0 aliphatic heterocycles. The number of benzene rings is 1. The van der Waals surface area contributed by atoms with E-state index in [1.54, 1.807) is 0 Å². The van der Waals surface area contributed by atoms with Gasteiger partial charge in [0.05, 0.1) is 0 Å². The molecule has 0 spiro atoms. The first-order chi connectivity index (χ1) is 10.5. The molecule has 1 atom stereocenters. The summed E-state index contributed by atoms with van der Waals surface area (Å²) in [5.74, 6) is 1.32. The van der Waals surface area contributed by atoms with E-state index in [4.69, 9.17) is 14.9 Å². The van der Waals surface area contributed by atoms with Crippen LogP contribution in [0.25, 0.3) is 0 Å². The van der Waals surface area contributed by atoms with E-state index in [9.17, 15) is 0 Å². The minimum atomic E-state index is -2.05. The molecule has 0 saturated carbocycles. The summed E-state index contributed by atoms with van der Waals surface area (Å²) in [6, 6.07) is 6.06. The molecule has 0 bridgehead atoms. The summed E-state index contributed by atoms with van der Waals surface area (Å²) in [6.45, 7) is 15.5. The maximum atomic E-state index is 6.34. The predicted octanol–water partition coefficient (Wildman–Crippen LogP) is 7.09. The van der Waals surface area contributed by atoms with Gasteiger partial charge in [-0.3, -0.25) is 0 Å². The van der Waals surface area contributed by atoms with Gasteiger partial charge in [0.1, 0.15) is 0 Å². The van der Waals surface area contributed by atoms with Gasteiger partial charge in [-0.25, -0.2) is 0 Å². The molecular weight excluding hydrogens is 410 g/mol. The van der Waals surface area contributed by atoms with Gasteiger partial charge in [-0.15, -0.1) is 24.8 Å². The summed E-state index contributed by atoms with van der Waals surface area (Å²) in [4.78, 5) is 4.42. The average molecular weight is 440 g/mol. The number of hydrogen-bond donors (Lipinski definition) is 0. The first-order valence-electron chi connectivity index (χ1n) is 8.09. The number of rotatable bonds is 3. The monoisotopic (exact) mass is 438 g/mol. The summed E-state index contributed by atoms with van der Waals surface area (Å²) >= 11 is 4.25. The van der Waals surface area contributed by atoms with Crippen LogP contribution in [-0.4, -0.2) is 4.82 Å². The fraction of sp³-hybridized carbons (Fsp3) is 0.450. The van der Waals surface area contributed by atoms with Gasteiger partial charge >= 0.3 is 152 Å². The van der Waals surface area contributed by atoms with Crippen LogP contribution < -0.4 is 3.32 Å². The quantitative estimate of drug-likeness (QED) is 0.457. The number of halogens is 3. The zero-order chi connectivity index (χ0) is 17.5. The van der Waals surface area contributed by atoms with Crippen LogP contribution in [0.3, 0.4) is 0 Å². The summed E-state index contributed by atoms with van der Waals surface area (Å²) in [5.41, 5.74) is 5.50. The van der Waals surface area contributed by atoms with Crippen LogP contribution >= 0.6 is 36.4 Å². The normalized spacial score (nSPS) is 17.2. The van der Waals surface area contributed by atoms with Crippen molar-refractivity contribution in [1.82, 2.24) is 0 Å². The van der Waals surface area contributed by atoms with Crippen LogP contribution in [0.15, 0.2) is 38.8 Å². The van der Waals surface area contributed by atoms with Crippen molar-refractivity contribution in [2.24, 2.45) is 5.92 Å². The van der Waals surface area contributed by atoms with E-state index >= 15 is 0 Å². The van der Waals surface area contributed by atoms with E-state index in [0.717, 1.165) is 10.8 Å². The molecule has 5 heteroatoms. The molecular formula is C20H29Cl3OTi. The molecule has 0 radical (unpaired) electrons. The first kappa shape index (κ1) is 25.0. The molecule has 25 heavy (non-hydrogen) atoms. The molecule has 1 aliphatic carbocycles. The molecule has 1 nitrogen and oxygen atoms in total. The van der Waals surface area contributed by atoms with Crippen LogP contribution in [0.2, 0.25) is 5.02 Å². The van der Waals surface area contributed by atoms with E-state index < -0.39 is 17.8 Å². The fourth-order valence-corrected chi connectivity index (χ4v) is 6.13. The van der Waals surface area contributed by atoms with Crippen LogP contribution in [0.4, 0.5) is 0 Å². The molecule has 0 fully saturated rings. The second-order valence-corrected chi connectivity index (χ2v) is 10.4. The van der Waals surface area contributed by atoms with Gasteiger partial charge in [-0.2, -0.15) is 0 Å². The molecule has 0 N–H and O–H groups in total. The van der Waals surface area contributed by atoms with Gasteiger partial charge in [0.25, 0.3) is 0 Å². The topological polar surface area (TPSA) is 9.23 Å². The molecule has 1 aliphatic rings. The third-order valence-corrected chi connectivity index (χ3v) is 8.09. The van der Waals surface area contributed by atoms with Crippen LogP contribution in [0.5, 0.6) is 5.75 Å². The van der Waals surface area contributed by atoms with Crippen molar-refractivity contribution < 1.29 is 21.1 Å². The molecule has 2 rings (SSSR count). The predicted molar refractivity (Wildman–Crippen MR) is 113 cm³/mol. The Morgan fingerprint density at radius 3 is 2.04 bits per heavy atom. The van der Waals surface area contributed by atoms with Gasteiger partial charge in [-0.05, 0) is 0 Å². The number of allylic oxidation sites excluding steroid dienone is 4. The van der Waals surface area contributed by atoms with E-state index in [0.29, 0.717) is 5.92 Å². The third kappa shape index (κ3) is 5.47. The van der Waals surface area contributed by atoms with Crippen LogP contribution in [-0.2, 0) is 23.2 Å². The van der Waals surface area contributed by atoms with Gasteiger partial charge < -0.3 is 0 Å². The van der Waals surface area contributed by atoms with E-state index in [-0.39, 0.29) is 30.2 Å². The molecule has 1 aromatic carbocycles. The van der Waals surface area contributed by atoms with Crippen molar-refractivity contribution in [3.05, 3.63) is 49.4 Å². The van der Waals surface area contributed by atoms with E-state index in [1.165, 1.54) is 26.2 Å². The Kier molecular flexibility index (Phi) is 9.23. The Bertz CT molecular complexity index is 727. The fourth-order valence-electron chi connectivity index (χ4n) is 3.07. The number of hydrogen-bond acceptors (Lipinski definition) is 1. The molecule has 0 amide bonds. The van der Waals surface area contributed by atoms with E-state index in [1.807, 2.05) is 12.1 Å². The second-order valence-electron chi connectivity index (χ2n) is 7.52.